The van der Waals surface area contributed by atoms with Crippen LogP contribution in [0.2, 0.25) is 0 Å². The Kier molecular flexibility index (Phi) is 2.46. The van der Waals surface area contributed by atoms with Gasteiger partial charge in [0, 0.05) is 11.5 Å². The summed E-state index contributed by atoms with van der Waals surface area (Å²) >= 11 is 0. The monoisotopic (exact) mass is 220 g/mol. The van der Waals surface area contributed by atoms with Crippen LogP contribution in [0.15, 0.2) is 18.2 Å². The third kappa shape index (κ3) is 1.48. The predicted molar refractivity (Wildman–Crippen MR) is 61.4 cm³/mol. The fraction of sp³-hybridized carbons (Fsp3) is 0.231. The molecule has 3 heteroatoms. The highest BCUT2D eigenvalue weighted by Crippen LogP contribution is 2.35. The van der Waals surface area contributed by atoms with Crippen LogP contribution in [0.5, 0.6) is 11.5 Å². The van der Waals surface area contributed by atoms with Crippen molar-refractivity contribution in [1.29, 1.82) is 0 Å². The topological polar surface area (TPSA) is 40.5 Å². The van der Waals surface area contributed by atoms with E-state index in [0.29, 0.717) is 22.8 Å². The summed E-state index contributed by atoms with van der Waals surface area (Å²) in [5.41, 5.74) is 1.34. The molecule has 0 atom stereocenters. The van der Waals surface area contributed by atoms with Crippen molar-refractivity contribution in [2.45, 2.75) is 20.3 Å². The maximum Gasteiger partial charge on any atom is 0.130 e. The van der Waals surface area contributed by atoms with E-state index in [9.17, 15) is 14.6 Å². The lowest BCUT2D eigenvalue weighted by molar-refractivity contribution is 0.468. The second kappa shape index (κ2) is 3.67. The van der Waals surface area contributed by atoms with Crippen LogP contribution in [0.4, 0.5) is 4.39 Å². The van der Waals surface area contributed by atoms with Gasteiger partial charge in [-0.2, -0.15) is 0 Å². The molecule has 2 aromatic carbocycles. The van der Waals surface area contributed by atoms with Gasteiger partial charge >= 0.3 is 0 Å². The van der Waals surface area contributed by atoms with Gasteiger partial charge in [-0.3, -0.25) is 0 Å². The lowest BCUT2D eigenvalue weighted by atomic mass is 9.97. The van der Waals surface area contributed by atoms with Crippen LogP contribution in [0, 0.1) is 12.7 Å². The lowest BCUT2D eigenvalue weighted by Crippen LogP contribution is -1.93. The zero-order valence-corrected chi connectivity index (χ0v) is 9.21. The molecule has 2 aromatic rings. The molecule has 2 nitrogen and oxygen atoms in total. The number of hydrogen-bond acceptors (Lipinski definition) is 2. The zero-order valence-electron chi connectivity index (χ0n) is 9.21. The molecule has 0 aliphatic carbocycles. The molecule has 0 saturated carbocycles. The standard InChI is InChI=1S/C13H13FO2/c1-3-9-11(14)6-12(16)10-5-8(15)4-7(2)13(9)10/h4-6,15-16H,3H2,1-2H3. The van der Waals surface area contributed by atoms with Crippen LogP contribution in [-0.2, 0) is 6.42 Å². The first kappa shape index (κ1) is 10.7. The summed E-state index contributed by atoms with van der Waals surface area (Å²) < 4.78 is 13.6. The van der Waals surface area contributed by atoms with Gasteiger partial charge < -0.3 is 10.2 Å². The van der Waals surface area contributed by atoms with Crippen LogP contribution in [0.3, 0.4) is 0 Å². The van der Waals surface area contributed by atoms with Crippen molar-refractivity contribution in [2.75, 3.05) is 0 Å². The van der Waals surface area contributed by atoms with Crippen molar-refractivity contribution < 1.29 is 14.6 Å². The second-order valence-electron chi connectivity index (χ2n) is 3.89. The summed E-state index contributed by atoms with van der Waals surface area (Å²) in [5, 5.41) is 20.3. The molecular formula is C13H13FO2. The van der Waals surface area contributed by atoms with Crippen molar-refractivity contribution in [3.63, 3.8) is 0 Å². The molecule has 0 unspecified atom stereocenters. The summed E-state index contributed by atoms with van der Waals surface area (Å²) in [4.78, 5) is 0. The van der Waals surface area contributed by atoms with E-state index in [0.717, 1.165) is 11.6 Å². The van der Waals surface area contributed by atoms with Crippen molar-refractivity contribution in [2.24, 2.45) is 0 Å². The van der Waals surface area contributed by atoms with Crippen LogP contribution < -0.4 is 0 Å². The molecule has 0 aliphatic rings. The van der Waals surface area contributed by atoms with Crippen LogP contribution in [0.1, 0.15) is 18.1 Å². The Morgan fingerprint density at radius 3 is 2.50 bits per heavy atom. The highest BCUT2D eigenvalue weighted by Gasteiger charge is 2.13. The zero-order chi connectivity index (χ0) is 11.9. The normalized spacial score (nSPS) is 10.9. The number of fused-ring (bicyclic) bond motifs is 1. The van der Waals surface area contributed by atoms with E-state index >= 15 is 0 Å². The predicted octanol–water partition coefficient (Wildman–Crippen LogP) is 3.26. The average Bonchev–Trinajstić information content (AvgIpc) is 2.20. The number of halogens is 1. The molecule has 0 aliphatic heterocycles. The maximum atomic E-state index is 13.6. The third-order valence-corrected chi connectivity index (χ3v) is 2.80. The molecule has 0 fully saturated rings. The van der Waals surface area contributed by atoms with Gasteiger partial charge in [-0.05, 0) is 42.0 Å². The molecular weight excluding hydrogens is 207 g/mol. The van der Waals surface area contributed by atoms with Gasteiger partial charge in [-0.1, -0.05) is 6.92 Å². The molecule has 16 heavy (non-hydrogen) atoms. The van der Waals surface area contributed by atoms with E-state index < -0.39 is 5.82 Å². The van der Waals surface area contributed by atoms with Crippen LogP contribution >= 0.6 is 0 Å². The third-order valence-electron chi connectivity index (χ3n) is 2.80. The second-order valence-corrected chi connectivity index (χ2v) is 3.89. The minimum Gasteiger partial charge on any atom is -0.508 e. The smallest absolute Gasteiger partial charge is 0.130 e. The highest BCUT2D eigenvalue weighted by atomic mass is 19.1. The largest absolute Gasteiger partial charge is 0.508 e. The summed E-state index contributed by atoms with van der Waals surface area (Å²) in [7, 11) is 0. The minimum atomic E-state index is -0.402. The highest BCUT2D eigenvalue weighted by molar-refractivity contribution is 5.94. The van der Waals surface area contributed by atoms with Gasteiger partial charge in [-0.15, -0.1) is 0 Å². The maximum absolute atomic E-state index is 13.6. The number of rotatable bonds is 1. The number of phenols is 2. The molecule has 0 heterocycles. The lowest BCUT2D eigenvalue weighted by Gasteiger charge is -2.11. The van der Waals surface area contributed by atoms with Crippen molar-refractivity contribution in [1.82, 2.24) is 0 Å². The van der Waals surface area contributed by atoms with Crippen molar-refractivity contribution in [3.05, 3.63) is 35.1 Å². The Morgan fingerprint density at radius 2 is 1.88 bits per heavy atom. The molecule has 0 saturated heterocycles. The van der Waals surface area contributed by atoms with Gasteiger partial charge in [0.1, 0.15) is 17.3 Å². The number of benzene rings is 2. The van der Waals surface area contributed by atoms with Gasteiger partial charge in [-0.25, -0.2) is 4.39 Å². The van der Waals surface area contributed by atoms with Crippen molar-refractivity contribution in [3.8, 4) is 11.5 Å². The Bertz CT molecular complexity index is 562. The molecule has 0 bridgehead atoms. The van der Waals surface area contributed by atoms with Gasteiger partial charge in [0.2, 0.25) is 0 Å². The molecule has 0 aromatic heterocycles. The van der Waals surface area contributed by atoms with E-state index in [2.05, 4.69) is 0 Å². The summed E-state index contributed by atoms with van der Waals surface area (Å²) in [5.74, 6) is -0.459. The first-order chi connectivity index (χ1) is 7.54. The first-order valence-electron chi connectivity index (χ1n) is 5.18. The van der Waals surface area contributed by atoms with E-state index in [4.69, 9.17) is 0 Å². The van der Waals surface area contributed by atoms with E-state index in [1.165, 1.54) is 6.07 Å². The number of hydrogen-bond donors (Lipinski definition) is 2. The summed E-state index contributed by atoms with van der Waals surface area (Å²) in [6.45, 7) is 3.65. The quantitative estimate of drug-likeness (QED) is 0.774. The SMILES string of the molecule is CCc1c(F)cc(O)c2cc(O)cc(C)c12. The van der Waals surface area contributed by atoms with E-state index in [1.807, 2.05) is 6.92 Å². The average molecular weight is 220 g/mol. The molecule has 0 spiro atoms. The fourth-order valence-corrected chi connectivity index (χ4v) is 2.12. The molecule has 2 rings (SSSR count). The molecule has 2 N–H and O–H groups in total. The van der Waals surface area contributed by atoms with Gasteiger partial charge in [0.25, 0.3) is 0 Å². The molecule has 84 valence electrons. The van der Waals surface area contributed by atoms with Crippen LogP contribution in [-0.4, -0.2) is 10.2 Å². The fourth-order valence-electron chi connectivity index (χ4n) is 2.12. The van der Waals surface area contributed by atoms with Crippen LogP contribution in [0.25, 0.3) is 10.8 Å². The summed E-state index contributed by atoms with van der Waals surface area (Å²) in [6.07, 6.45) is 0.550. The van der Waals surface area contributed by atoms with E-state index in [-0.39, 0.29) is 11.5 Å². The first-order valence-corrected chi connectivity index (χ1v) is 5.18. The number of aryl methyl sites for hydroxylation is 2. The van der Waals surface area contributed by atoms with Crippen molar-refractivity contribution >= 4 is 10.8 Å². The minimum absolute atomic E-state index is 0.0777. The van der Waals surface area contributed by atoms with E-state index in [1.54, 1.807) is 13.0 Å². The Labute approximate surface area is 93.0 Å². The Balaban J connectivity index is 2.99. The summed E-state index contributed by atoms with van der Waals surface area (Å²) in [6, 6.07) is 4.12. The molecule has 0 radical (unpaired) electrons. The van der Waals surface area contributed by atoms with Gasteiger partial charge in [0.15, 0.2) is 0 Å². The van der Waals surface area contributed by atoms with Gasteiger partial charge in [0.05, 0.1) is 0 Å². The Hall–Kier alpha value is -1.77. The molecule has 0 amide bonds. The number of phenolic OH excluding ortho intramolecular Hbond substituents is 2. The number of aromatic hydroxyl groups is 2. The Morgan fingerprint density at radius 1 is 1.19 bits per heavy atom.